The van der Waals surface area contributed by atoms with Gasteiger partial charge in [0.25, 0.3) is 0 Å². The molecule has 0 fully saturated rings. The summed E-state index contributed by atoms with van der Waals surface area (Å²) in [5.74, 6) is 1.92. The lowest BCUT2D eigenvalue weighted by molar-refractivity contribution is 0.331. The van der Waals surface area contributed by atoms with Crippen molar-refractivity contribution in [1.82, 2.24) is 4.98 Å². The zero-order chi connectivity index (χ0) is 13.8. The van der Waals surface area contributed by atoms with E-state index in [2.05, 4.69) is 46.4 Å². The van der Waals surface area contributed by atoms with E-state index in [-0.39, 0.29) is 0 Å². The molecule has 3 rings (SSSR count). The van der Waals surface area contributed by atoms with Gasteiger partial charge in [0.1, 0.15) is 18.2 Å². The Kier molecular flexibility index (Phi) is 3.72. The number of anilines is 2. The highest BCUT2D eigenvalue weighted by atomic mass is 16.5. The fourth-order valence-corrected chi connectivity index (χ4v) is 2.44. The highest BCUT2D eigenvalue weighted by Gasteiger charge is 2.15. The smallest absolute Gasteiger partial charge is 0.127 e. The van der Waals surface area contributed by atoms with E-state index in [0.29, 0.717) is 6.61 Å². The molecule has 1 aromatic heterocycles. The van der Waals surface area contributed by atoms with Crippen LogP contribution in [0.3, 0.4) is 0 Å². The van der Waals surface area contributed by atoms with Crippen LogP contribution < -0.4 is 15.0 Å². The predicted octanol–water partition coefficient (Wildman–Crippen LogP) is 2.91. The third kappa shape index (κ3) is 2.69. The number of para-hydroxylation sites is 1. The van der Waals surface area contributed by atoms with Crippen LogP contribution in [0.25, 0.3) is 0 Å². The highest BCUT2D eigenvalue weighted by Crippen LogP contribution is 2.26. The van der Waals surface area contributed by atoms with Crippen molar-refractivity contribution in [2.45, 2.75) is 13.5 Å². The number of fused-ring (bicyclic) bond motifs is 1. The lowest BCUT2D eigenvalue weighted by Gasteiger charge is -2.22. The van der Waals surface area contributed by atoms with Crippen molar-refractivity contribution in [3.05, 3.63) is 48.2 Å². The number of pyridine rings is 1. The molecule has 0 atom stereocenters. The van der Waals surface area contributed by atoms with Gasteiger partial charge in [-0.2, -0.15) is 0 Å². The molecule has 0 radical (unpaired) electrons. The number of nitrogens with one attached hydrogen (secondary N) is 1. The van der Waals surface area contributed by atoms with E-state index in [1.54, 1.807) is 0 Å². The molecular formula is C16H19N3O. The van der Waals surface area contributed by atoms with Crippen molar-refractivity contribution in [2.24, 2.45) is 0 Å². The number of aromatic nitrogens is 1. The summed E-state index contributed by atoms with van der Waals surface area (Å²) in [6.07, 6.45) is 1.85. The van der Waals surface area contributed by atoms with E-state index in [1.807, 2.05) is 18.3 Å². The maximum Gasteiger partial charge on any atom is 0.127 e. The first-order valence-electron chi connectivity index (χ1n) is 7.02. The second-order valence-electron chi connectivity index (χ2n) is 4.81. The summed E-state index contributed by atoms with van der Waals surface area (Å²) >= 11 is 0. The zero-order valence-electron chi connectivity index (χ0n) is 11.7. The second kappa shape index (κ2) is 5.82. The van der Waals surface area contributed by atoms with Crippen molar-refractivity contribution in [2.75, 3.05) is 29.9 Å². The topological polar surface area (TPSA) is 37.4 Å². The molecule has 0 aliphatic carbocycles. The van der Waals surface area contributed by atoms with E-state index in [4.69, 9.17) is 4.74 Å². The number of hydrogen-bond donors (Lipinski definition) is 1. The quantitative estimate of drug-likeness (QED) is 0.929. The molecule has 2 aromatic rings. The molecule has 1 N–H and O–H groups in total. The van der Waals surface area contributed by atoms with E-state index in [1.165, 1.54) is 11.3 Å². The average molecular weight is 269 g/mol. The monoisotopic (exact) mass is 269 g/mol. The van der Waals surface area contributed by atoms with Crippen molar-refractivity contribution < 1.29 is 4.74 Å². The third-order valence-electron chi connectivity index (χ3n) is 3.42. The van der Waals surface area contributed by atoms with Crippen molar-refractivity contribution >= 4 is 11.5 Å². The van der Waals surface area contributed by atoms with Crippen LogP contribution in [0.5, 0.6) is 5.75 Å². The molecule has 0 saturated heterocycles. The van der Waals surface area contributed by atoms with Gasteiger partial charge in [-0.05, 0) is 19.1 Å². The number of nitrogens with zero attached hydrogens (tertiary/aromatic N) is 2. The largest absolute Gasteiger partial charge is 0.491 e. The van der Waals surface area contributed by atoms with Crippen LogP contribution in [0.4, 0.5) is 11.5 Å². The number of hydrogen-bond acceptors (Lipinski definition) is 4. The second-order valence-corrected chi connectivity index (χ2v) is 4.81. The molecule has 0 bridgehead atoms. The first-order valence-corrected chi connectivity index (χ1v) is 7.02. The van der Waals surface area contributed by atoms with Crippen LogP contribution in [-0.2, 0) is 6.54 Å². The van der Waals surface area contributed by atoms with Crippen LogP contribution in [0.15, 0.2) is 42.6 Å². The van der Waals surface area contributed by atoms with Crippen LogP contribution in [0, 0.1) is 0 Å². The van der Waals surface area contributed by atoms with E-state index < -0.39 is 0 Å². The fourth-order valence-electron chi connectivity index (χ4n) is 2.44. The number of rotatable bonds is 3. The molecule has 20 heavy (non-hydrogen) atoms. The SMILES string of the molecule is CCNc1cc(N2CCOc3ccccc3C2)ccn1. The first kappa shape index (κ1) is 12.8. The predicted molar refractivity (Wildman–Crippen MR) is 81.4 cm³/mol. The van der Waals surface area contributed by atoms with Gasteiger partial charge in [-0.1, -0.05) is 18.2 Å². The summed E-state index contributed by atoms with van der Waals surface area (Å²) in [7, 11) is 0. The van der Waals surface area contributed by atoms with Gasteiger partial charge in [-0.25, -0.2) is 4.98 Å². The molecule has 1 aromatic carbocycles. The minimum absolute atomic E-state index is 0.704. The average Bonchev–Trinajstić information content (AvgIpc) is 2.70. The van der Waals surface area contributed by atoms with Crippen LogP contribution in [-0.4, -0.2) is 24.7 Å². The molecule has 1 aliphatic heterocycles. The molecule has 0 amide bonds. The summed E-state index contributed by atoms with van der Waals surface area (Å²) in [6.45, 7) is 5.40. The van der Waals surface area contributed by atoms with Crippen molar-refractivity contribution in [1.29, 1.82) is 0 Å². The van der Waals surface area contributed by atoms with Crippen molar-refractivity contribution in [3.8, 4) is 5.75 Å². The molecule has 0 saturated carbocycles. The van der Waals surface area contributed by atoms with Crippen molar-refractivity contribution in [3.63, 3.8) is 0 Å². The Morgan fingerprint density at radius 2 is 2.20 bits per heavy atom. The maximum atomic E-state index is 5.80. The first-order chi connectivity index (χ1) is 9.86. The Morgan fingerprint density at radius 3 is 3.10 bits per heavy atom. The maximum absolute atomic E-state index is 5.80. The Hall–Kier alpha value is -2.23. The van der Waals surface area contributed by atoms with Gasteiger partial charge in [0.05, 0.1) is 6.54 Å². The Morgan fingerprint density at radius 1 is 1.30 bits per heavy atom. The molecule has 0 unspecified atom stereocenters. The van der Waals surface area contributed by atoms with Crippen LogP contribution >= 0.6 is 0 Å². The van der Waals surface area contributed by atoms with Gasteiger partial charge in [0.15, 0.2) is 0 Å². The number of ether oxygens (including phenoxy) is 1. The lowest BCUT2D eigenvalue weighted by atomic mass is 10.2. The Bertz CT molecular complexity index is 585. The standard InChI is InChI=1S/C16H19N3O/c1-2-17-16-11-14(7-8-18-16)19-9-10-20-15-6-4-3-5-13(15)12-19/h3-8,11H,2,9-10,12H2,1H3,(H,17,18). The highest BCUT2D eigenvalue weighted by molar-refractivity contribution is 5.55. The van der Waals surface area contributed by atoms with E-state index in [9.17, 15) is 0 Å². The fraction of sp³-hybridized carbons (Fsp3) is 0.312. The van der Waals surface area contributed by atoms with Gasteiger partial charge >= 0.3 is 0 Å². The molecule has 2 heterocycles. The summed E-state index contributed by atoms with van der Waals surface area (Å²) in [5, 5.41) is 3.25. The summed E-state index contributed by atoms with van der Waals surface area (Å²) < 4.78 is 5.80. The molecule has 104 valence electrons. The van der Waals surface area contributed by atoms with E-state index in [0.717, 1.165) is 31.2 Å². The number of benzene rings is 1. The molecular weight excluding hydrogens is 250 g/mol. The Balaban J connectivity index is 1.85. The minimum Gasteiger partial charge on any atom is -0.491 e. The molecule has 1 aliphatic rings. The Labute approximate surface area is 119 Å². The van der Waals surface area contributed by atoms with Gasteiger partial charge in [0.2, 0.25) is 0 Å². The van der Waals surface area contributed by atoms with Gasteiger partial charge in [0, 0.05) is 36.6 Å². The normalized spacial score (nSPS) is 14.2. The minimum atomic E-state index is 0.704. The molecule has 0 spiro atoms. The van der Waals surface area contributed by atoms with Gasteiger partial charge < -0.3 is 15.0 Å². The summed E-state index contributed by atoms with van der Waals surface area (Å²) in [5.41, 5.74) is 2.41. The van der Waals surface area contributed by atoms with E-state index >= 15 is 0 Å². The van der Waals surface area contributed by atoms with Crippen LogP contribution in [0.1, 0.15) is 12.5 Å². The zero-order valence-corrected chi connectivity index (χ0v) is 11.7. The third-order valence-corrected chi connectivity index (χ3v) is 3.42. The summed E-state index contributed by atoms with van der Waals surface area (Å²) in [6, 6.07) is 12.4. The molecule has 4 nitrogen and oxygen atoms in total. The molecule has 4 heteroatoms. The lowest BCUT2D eigenvalue weighted by Crippen LogP contribution is -2.25. The van der Waals surface area contributed by atoms with Gasteiger partial charge in [-0.3, -0.25) is 0 Å². The van der Waals surface area contributed by atoms with Crippen LogP contribution in [0.2, 0.25) is 0 Å². The van der Waals surface area contributed by atoms with Gasteiger partial charge in [-0.15, -0.1) is 0 Å². The summed E-state index contributed by atoms with van der Waals surface area (Å²) in [4.78, 5) is 6.65.